The van der Waals surface area contributed by atoms with Gasteiger partial charge in [0.1, 0.15) is 5.75 Å². The number of rotatable bonds is 2. The van der Waals surface area contributed by atoms with Crippen molar-refractivity contribution >= 4 is 14.9 Å². The van der Waals surface area contributed by atoms with Gasteiger partial charge in [-0.25, -0.2) is 0 Å². The second-order valence-corrected chi connectivity index (χ2v) is 7.01. The average Bonchev–Trinajstić information content (AvgIpc) is 2.59. The molecule has 0 fully saturated rings. The summed E-state index contributed by atoms with van der Waals surface area (Å²) in [6.07, 6.45) is 6.27. The van der Waals surface area contributed by atoms with Gasteiger partial charge >= 0.3 is 0 Å². The summed E-state index contributed by atoms with van der Waals surface area (Å²) < 4.78 is 0. The van der Waals surface area contributed by atoms with Gasteiger partial charge in [-0.1, -0.05) is 53.9 Å². The Morgan fingerprint density at radius 3 is 2.56 bits per heavy atom. The number of benzene rings is 1. The highest BCUT2D eigenvalue weighted by molar-refractivity contribution is 6.71. The van der Waals surface area contributed by atoms with Crippen molar-refractivity contribution in [3.63, 3.8) is 0 Å². The molecule has 0 amide bonds. The second kappa shape index (κ2) is 4.54. The van der Waals surface area contributed by atoms with E-state index in [1.165, 1.54) is 10.8 Å². The monoisotopic (exact) mass is 228 g/mol. The molecule has 1 heterocycles. The molecule has 0 radical (unpaired) electrons. The van der Waals surface area contributed by atoms with Crippen molar-refractivity contribution in [3.8, 4) is 5.75 Å². The summed E-state index contributed by atoms with van der Waals surface area (Å²) in [6, 6.07) is 7.40. The molecule has 2 rings (SSSR count). The SMILES string of the molecule is CC1=C(C=Cc2ccccc2O)C=C[SiH]1C. The summed E-state index contributed by atoms with van der Waals surface area (Å²) in [4.78, 5) is 0. The van der Waals surface area contributed by atoms with Gasteiger partial charge in [0.05, 0.1) is 8.80 Å². The number of hydrogen-bond donors (Lipinski definition) is 1. The standard InChI is InChI=1S/C14H16OSi/c1-11-12(9-10-16(11)2)7-8-13-5-3-4-6-14(13)15/h3-10,15-16H,1-2H3. The van der Waals surface area contributed by atoms with Gasteiger partial charge in [-0.3, -0.25) is 0 Å². The van der Waals surface area contributed by atoms with E-state index < -0.39 is 8.80 Å². The fourth-order valence-electron chi connectivity index (χ4n) is 1.78. The van der Waals surface area contributed by atoms with Gasteiger partial charge in [0.25, 0.3) is 0 Å². The van der Waals surface area contributed by atoms with E-state index in [1.54, 1.807) is 6.07 Å². The van der Waals surface area contributed by atoms with Crippen molar-refractivity contribution in [1.82, 2.24) is 0 Å². The van der Waals surface area contributed by atoms with Crippen LogP contribution in [-0.2, 0) is 0 Å². The molecule has 0 bridgehead atoms. The predicted molar refractivity (Wildman–Crippen MR) is 72.0 cm³/mol. The molecule has 0 saturated heterocycles. The fraction of sp³-hybridized carbons (Fsp3) is 0.143. The third-order valence-electron chi connectivity index (χ3n) is 3.08. The molecule has 0 aliphatic carbocycles. The Morgan fingerprint density at radius 2 is 1.94 bits per heavy atom. The highest BCUT2D eigenvalue weighted by Gasteiger charge is 2.10. The van der Waals surface area contributed by atoms with Gasteiger partial charge in [-0.2, -0.15) is 0 Å². The molecule has 1 unspecified atom stereocenters. The first-order valence-electron chi connectivity index (χ1n) is 5.53. The largest absolute Gasteiger partial charge is 0.507 e. The van der Waals surface area contributed by atoms with E-state index in [-0.39, 0.29) is 0 Å². The second-order valence-electron chi connectivity index (χ2n) is 4.18. The minimum Gasteiger partial charge on any atom is -0.507 e. The van der Waals surface area contributed by atoms with Crippen LogP contribution in [0.1, 0.15) is 12.5 Å². The van der Waals surface area contributed by atoms with Crippen molar-refractivity contribution in [2.75, 3.05) is 0 Å². The Hall–Kier alpha value is -1.54. The molecular weight excluding hydrogens is 212 g/mol. The van der Waals surface area contributed by atoms with Crippen molar-refractivity contribution in [3.05, 3.63) is 58.4 Å². The minimum absolute atomic E-state index is 0.337. The minimum atomic E-state index is -0.754. The molecule has 1 atom stereocenters. The van der Waals surface area contributed by atoms with Crippen molar-refractivity contribution in [1.29, 1.82) is 0 Å². The summed E-state index contributed by atoms with van der Waals surface area (Å²) in [5, 5.41) is 11.1. The lowest BCUT2D eigenvalue weighted by atomic mass is 10.1. The topological polar surface area (TPSA) is 20.2 Å². The van der Waals surface area contributed by atoms with Crippen LogP contribution in [0.3, 0.4) is 0 Å². The molecule has 0 saturated carbocycles. The van der Waals surface area contributed by atoms with E-state index in [9.17, 15) is 5.11 Å². The van der Waals surface area contributed by atoms with Crippen LogP contribution >= 0.6 is 0 Å². The van der Waals surface area contributed by atoms with Gasteiger partial charge in [-0.05, 0) is 18.6 Å². The van der Waals surface area contributed by atoms with E-state index in [1.807, 2.05) is 24.3 Å². The highest BCUT2D eigenvalue weighted by Crippen LogP contribution is 2.22. The number of phenolic OH excluding ortho intramolecular Hbond substituents is 1. The number of para-hydroxylation sites is 1. The average molecular weight is 228 g/mol. The summed E-state index contributed by atoms with van der Waals surface area (Å²) in [7, 11) is -0.754. The van der Waals surface area contributed by atoms with Crippen LogP contribution in [0.15, 0.2) is 52.9 Å². The number of phenols is 1. The third-order valence-corrected chi connectivity index (χ3v) is 5.55. The summed E-state index contributed by atoms with van der Waals surface area (Å²) in [5.74, 6) is 0.337. The number of aromatic hydroxyl groups is 1. The van der Waals surface area contributed by atoms with Crippen molar-refractivity contribution in [2.45, 2.75) is 13.5 Å². The summed E-state index contributed by atoms with van der Waals surface area (Å²) in [6.45, 7) is 4.54. The Labute approximate surface area is 98.0 Å². The quantitative estimate of drug-likeness (QED) is 0.771. The molecule has 1 N–H and O–H groups in total. The third kappa shape index (κ3) is 2.17. The molecule has 0 spiro atoms. The van der Waals surface area contributed by atoms with Gasteiger partial charge in [0, 0.05) is 5.56 Å². The zero-order chi connectivity index (χ0) is 11.5. The molecule has 82 valence electrons. The lowest BCUT2D eigenvalue weighted by Crippen LogP contribution is -2.01. The Morgan fingerprint density at radius 1 is 1.19 bits per heavy atom. The van der Waals surface area contributed by atoms with Crippen LogP contribution in [0, 0.1) is 0 Å². The first-order valence-corrected chi connectivity index (χ1v) is 7.93. The molecule has 0 aromatic heterocycles. The number of hydrogen-bond acceptors (Lipinski definition) is 1. The molecule has 1 aliphatic heterocycles. The van der Waals surface area contributed by atoms with Crippen molar-refractivity contribution < 1.29 is 5.11 Å². The predicted octanol–water partition coefficient (Wildman–Crippen LogP) is 3.23. The van der Waals surface area contributed by atoms with E-state index in [0.717, 1.165) is 5.56 Å². The van der Waals surface area contributed by atoms with Gasteiger partial charge in [0.15, 0.2) is 0 Å². The zero-order valence-electron chi connectivity index (χ0n) is 9.64. The maximum Gasteiger partial charge on any atom is 0.122 e. The lowest BCUT2D eigenvalue weighted by molar-refractivity contribution is 0.474. The highest BCUT2D eigenvalue weighted by atomic mass is 28.3. The van der Waals surface area contributed by atoms with Crippen molar-refractivity contribution in [2.24, 2.45) is 0 Å². The molecule has 1 nitrogen and oxygen atoms in total. The van der Waals surface area contributed by atoms with E-state index in [2.05, 4.69) is 31.3 Å². The molecule has 2 heteroatoms. The Kier molecular flexibility index (Phi) is 3.11. The lowest BCUT2D eigenvalue weighted by Gasteiger charge is -2.01. The smallest absolute Gasteiger partial charge is 0.122 e. The maximum absolute atomic E-state index is 9.63. The molecular formula is C14H16OSi. The first kappa shape index (κ1) is 11.0. The van der Waals surface area contributed by atoms with Gasteiger partial charge < -0.3 is 5.11 Å². The van der Waals surface area contributed by atoms with Crippen LogP contribution in [-0.4, -0.2) is 13.9 Å². The van der Waals surface area contributed by atoms with Crippen LogP contribution in [0.5, 0.6) is 5.75 Å². The van der Waals surface area contributed by atoms with Crippen LogP contribution in [0.2, 0.25) is 6.55 Å². The van der Waals surface area contributed by atoms with E-state index in [0.29, 0.717) is 5.75 Å². The van der Waals surface area contributed by atoms with Gasteiger partial charge in [0.2, 0.25) is 0 Å². The molecule has 1 aromatic carbocycles. The van der Waals surface area contributed by atoms with Crippen LogP contribution in [0.25, 0.3) is 6.08 Å². The molecule has 1 aliphatic rings. The molecule has 16 heavy (non-hydrogen) atoms. The summed E-state index contributed by atoms with van der Waals surface area (Å²) >= 11 is 0. The summed E-state index contributed by atoms with van der Waals surface area (Å²) in [5.41, 5.74) is 4.51. The maximum atomic E-state index is 9.63. The fourth-order valence-corrected chi connectivity index (χ4v) is 3.28. The Bertz CT molecular complexity index is 483. The zero-order valence-corrected chi connectivity index (χ0v) is 10.8. The normalized spacial score (nSPS) is 20.0. The van der Waals surface area contributed by atoms with Crippen LogP contribution in [0.4, 0.5) is 0 Å². The Balaban J connectivity index is 2.23. The van der Waals surface area contributed by atoms with Gasteiger partial charge in [-0.15, -0.1) is 0 Å². The number of allylic oxidation sites excluding steroid dienone is 4. The van der Waals surface area contributed by atoms with E-state index >= 15 is 0 Å². The van der Waals surface area contributed by atoms with E-state index in [4.69, 9.17) is 0 Å². The molecule has 1 aromatic rings. The first-order chi connectivity index (χ1) is 7.68. The van der Waals surface area contributed by atoms with Crippen LogP contribution < -0.4 is 0 Å².